The SMILES string of the molecule is O=[PH](OC/C=C/c1cccc(CO)c1)OC/C=C/c1cccc(CO)c1. The molecule has 2 aromatic carbocycles. The molecule has 0 saturated carbocycles. The van der Waals surface area contributed by atoms with Crippen molar-refractivity contribution in [2.24, 2.45) is 0 Å². The molecule has 0 bridgehead atoms. The van der Waals surface area contributed by atoms with Gasteiger partial charge >= 0.3 is 8.25 Å². The zero-order valence-electron chi connectivity index (χ0n) is 14.4. The smallest absolute Gasteiger partial charge is 0.319 e. The summed E-state index contributed by atoms with van der Waals surface area (Å²) in [6.45, 7) is 0.363. The fraction of sp³-hybridized carbons (Fsp3) is 0.200. The topological polar surface area (TPSA) is 76.0 Å². The lowest BCUT2D eigenvalue weighted by molar-refractivity contribution is 0.261. The van der Waals surface area contributed by atoms with Gasteiger partial charge in [-0.05, 0) is 34.4 Å². The summed E-state index contributed by atoms with van der Waals surface area (Å²) >= 11 is 0. The van der Waals surface area contributed by atoms with Crippen LogP contribution in [0.3, 0.4) is 0 Å². The van der Waals surface area contributed by atoms with E-state index >= 15 is 0 Å². The largest absolute Gasteiger partial charge is 0.392 e. The molecular weight excluding hydrogens is 351 g/mol. The number of rotatable bonds is 10. The molecule has 0 saturated heterocycles. The van der Waals surface area contributed by atoms with Crippen LogP contribution in [0.2, 0.25) is 0 Å². The fourth-order valence-corrected chi connectivity index (χ4v) is 2.78. The molecule has 0 amide bonds. The van der Waals surface area contributed by atoms with Crippen LogP contribution >= 0.6 is 8.25 Å². The third kappa shape index (κ3) is 7.48. The molecule has 2 N–H and O–H groups in total. The van der Waals surface area contributed by atoms with Gasteiger partial charge in [-0.3, -0.25) is 4.57 Å². The molecule has 6 heteroatoms. The van der Waals surface area contributed by atoms with E-state index in [4.69, 9.17) is 19.3 Å². The molecule has 0 heterocycles. The molecule has 0 aliphatic heterocycles. The third-order valence-corrected chi connectivity index (χ3v) is 4.29. The number of hydrogen-bond donors (Lipinski definition) is 2. The highest BCUT2D eigenvalue weighted by molar-refractivity contribution is 7.33. The van der Waals surface area contributed by atoms with Gasteiger partial charge in [0.2, 0.25) is 0 Å². The Hall–Kier alpha value is -2.01. The highest BCUT2D eigenvalue weighted by Crippen LogP contribution is 2.23. The average molecular weight is 374 g/mol. The molecule has 0 aliphatic rings. The maximum atomic E-state index is 11.7. The van der Waals surface area contributed by atoms with Crippen LogP contribution in [0.15, 0.2) is 60.7 Å². The van der Waals surface area contributed by atoms with E-state index in [9.17, 15) is 4.57 Å². The Morgan fingerprint density at radius 2 is 1.27 bits per heavy atom. The Balaban J connectivity index is 1.68. The Kier molecular flexibility index (Phi) is 9.04. The van der Waals surface area contributed by atoms with E-state index in [2.05, 4.69) is 0 Å². The van der Waals surface area contributed by atoms with Gasteiger partial charge in [-0.2, -0.15) is 0 Å². The standard InChI is InChI=1S/C20H23O5P/c21-15-19-7-1-5-17(13-19)9-3-11-24-26(23)25-12-4-10-18-6-2-8-20(14-18)16-22/h1-10,13-14,21-22,26H,11-12,15-16H2/b9-3+,10-4+. The van der Waals surface area contributed by atoms with Crippen LogP contribution in [0.5, 0.6) is 0 Å². The molecule has 0 aliphatic carbocycles. The molecule has 0 spiro atoms. The summed E-state index contributed by atoms with van der Waals surface area (Å²) < 4.78 is 21.9. The van der Waals surface area contributed by atoms with Crippen LogP contribution in [-0.4, -0.2) is 23.4 Å². The first-order valence-electron chi connectivity index (χ1n) is 8.23. The quantitative estimate of drug-likeness (QED) is 0.619. The molecule has 0 aromatic heterocycles. The summed E-state index contributed by atoms with van der Waals surface area (Å²) in [6, 6.07) is 15.0. The van der Waals surface area contributed by atoms with Crippen molar-refractivity contribution in [1.29, 1.82) is 0 Å². The van der Waals surface area contributed by atoms with Crippen molar-refractivity contribution in [3.05, 3.63) is 82.9 Å². The van der Waals surface area contributed by atoms with E-state index in [1.807, 2.05) is 60.7 Å². The molecule has 138 valence electrons. The van der Waals surface area contributed by atoms with Crippen molar-refractivity contribution in [3.8, 4) is 0 Å². The van der Waals surface area contributed by atoms with Gasteiger partial charge in [-0.15, -0.1) is 0 Å². The van der Waals surface area contributed by atoms with E-state index in [1.165, 1.54) is 0 Å². The summed E-state index contributed by atoms with van der Waals surface area (Å²) in [5.74, 6) is 0. The van der Waals surface area contributed by atoms with Crippen molar-refractivity contribution in [3.63, 3.8) is 0 Å². The van der Waals surface area contributed by atoms with E-state index in [1.54, 1.807) is 12.2 Å². The summed E-state index contributed by atoms with van der Waals surface area (Å²) in [7, 11) is -2.56. The molecule has 0 radical (unpaired) electrons. The first kappa shape index (κ1) is 20.3. The highest BCUT2D eigenvalue weighted by atomic mass is 31.1. The van der Waals surface area contributed by atoms with Crippen LogP contribution in [0.1, 0.15) is 22.3 Å². The zero-order valence-corrected chi connectivity index (χ0v) is 15.4. The predicted octanol–water partition coefficient (Wildman–Crippen LogP) is 3.82. The Bertz CT molecular complexity index is 707. The monoisotopic (exact) mass is 374 g/mol. The Morgan fingerprint density at radius 3 is 1.69 bits per heavy atom. The molecule has 0 fully saturated rings. The summed E-state index contributed by atoms with van der Waals surface area (Å²) in [5.41, 5.74) is 3.55. The molecule has 26 heavy (non-hydrogen) atoms. The van der Waals surface area contributed by atoms with Crippen molar-refractivity contribution in [1.82, 2.24) is 0 Å². The first-order chi connectivity index (χ1) is 12.7. The first-order valence-corrected chi connectivity index (χ1v) is 9.46. The predicted molar refractivity (Wildman–Crippen MR) is 104 cm³/mol. The fourth-order valence-electron chi connectivity index (χ4n) is 2.23. The maximum absolute atomic E-state index is 11.7. The van der Waals surface area contributed by atoms with Gasteiger partial charge in [-0.25, -0.2) is 0 Å². The summed E-state index contributed by atoms with van der Waals surface area (Å²) in [5, 5.41) is 18.2. The average Bonchev–Trinajstić information content (AvgIpc) is 2.69. The Morgan fingerprint density at radius 1 is 0.808 bits per heavy atom. The molecule has 0 atom stereocenters. The summed E-state index contributed by atoms with van der Waals surface area (Å²) in [4.78, 5) is 0. The molecule has 0 unspecified atom stereocenters. The van der Waals surface area contributed by atoms with Gasteiger partial charge in [0.15, 0.2) is 0 Å². The van der Waals surface area contributed by atoms with Crippen molar-refractivity contribution < 1.29 is 23.8 Å². The van der Waals surface area contributed by atoms with Gasteiger partial charge < -0.3 is 19.3 Å². The minimum atomic E-state index is -2.56. The van der Waals surface area contributed by atoms with E-state index in [0.717, 1.165) is 22.3 Å². The van der Waals surface area contributed by atoms with Gasteiger partial charge in [0.05, 0.1) is 26.4 Å². The van der Waals surface area contributed by atoms with Gasteiger partial charge in [-0.1, -0.05) is 60.7 Å². The van der Waals surface area contributed by atoms with E-state index < -0.39 is 8.25 Å². The van der Waals surface area contributed by atoms with Crippen LogP contribution in [0.25, 0.3) is 12.2 Å². The second-order valence-corrected chi connectivity index (χ2v) is 6.56. The zero-order chi connectivity index (χ0) is 18.6. The molecule has 2 aromatic rings. The number of benzene rings is 2. The minimum Gasteiger partial charge on any atom is -0.392 e. The van der Waals surface area contributed by atoms with Gasteiger partial charge in [0.1, 0.15) is 0 Å². The van der Waals surface area contributed by atoms with Gasteiger partial charge in [0.25, 0.3) is 0 Å². The second kappa shape index (κ2) is 11.6. The summed E-state index contributed by atoms with van der Waals surface area (Å²) in [6.07, 6.45) is 7.17. The van der Waals surface area contributed by atoms with Crippen LogP contribution < -0.4 is 0 Å². The lowest BCUT2D eigenvalue weighted by Crippen LogP contribution is -1.87. The van der Waals surface area contributed by atoms with Crippen molar-refractivity contribution >= 4 is 20.4 Å². The van der Waals surface area contributed by atoms with E-state index in [0.29, 0.717) is 0 Å². The third-order valence-electron chi connectivity index (χ3n) is 3.48. The molecule has 5 nitrogen and oxygen atoms in total. The van der Waals surface area contributed by atoms with E-state index in [-0.39, 0.29) is 26.4 Å². The molecular formula is C20H23O5P. The highest BCUT2D eigenvalue weighted by Gasteiger charge is 1.97. The normalized spacial score (nSPS) is 11.8. The van der Waals surface area contributed by atoms with Crippen LogP contribution in [0, 0.1) is 0 Å². The van der Waals surface area contributed by atoms with Crippen molar-refractivity contribution in [2.75, 3.05) is 13.2 Å². The van der Waals surface area contributed by atoms with Crippen LogP contribution in [-0.2, 0) is 26.8 Å². The lowest BCUT2D eigenvalue weighted by atomic mass is 10.1. The number of aliphatic hydroxyl groups excluding tert-OH is 2. The minimum absolute atomic E-state index is 0.00244. The van der Waals surface area contributed by atoms with Gasteiger partial charge in [0, 0.05) is 0 Å². The Labute approximate surface area is 154 Å². The maximum Gasteiger partial charge on any atom is 0.319 e. The van der Waals surface area contributed by atoms with Crippen LogP contribution in [0.4, 0.5) is 0 Å². The molecule has 2 rings (SSSR count). The second-order valence-electron chi connectivity index (χ2n) is 5.48. The number of aliphatic hydroxyl groups is 2. The lowest BCUT2D eigenvalue weighted by Gasteiger charge is -2.02. The van der Waals surface area contributed by atoms with Crippen molar-refractivity contribution in [2.45, 2.75) is 13.2 Å². The number of hydrogen-bond acceptors (Lipinski definition) is 5.